The lowest BCUT2D eigenvalue weighted by Crippen LogP contribution is -2.50. The number of nitrogens with zero attached hydrogens (tertiary/aromatic N) is 1. The van der Waals surface area contributed by atoms with Crippen LogP contribution in [0.3, 0.4) is 0 Å². The van der Waals surface area contributed by atoms with Gasteiger partial charge in [-0.3, -0.25) is 4.90 Å². The molecule has 0 spiro atoms. The number of hydrogen-bond donors (Lipinski definition) is 1. The van der Waals surface area contributed by atoms with Crippen LogP contribution < -0.4 is 0 Å². The highest BCUT2D eigenvalue weighted by atomic mass is 19.1. The van der Waals surface area contributed by atoms with Gasteiger partial charge in [0.2, 0.25) is 0 Å². The second-order valence-electron chi connectivity index (χ2n) is 7.87. The molecule has 3 aromatic carbocycles. The number of piperidine rings is 1. The molecule has 0 unspecified atom stereocenters. The molecule has 1 aliphatic rings. The van der Waals surface area contributed by atoms with Crippen molar-refractivity contribution in [3.05, 3.63) is 107 Å². The Kier molecular flexibility index (Phi) is 5.05. The molecule has 144 valence electrons. The van der Waals surface area contributed by atoms with Gasteiger partial charge in [-0.1, -0.05) is 79.7 Å². The molecule has 1 aliphatic heterocycles. The number of rotatable bonds is 3. The molecule has 0 bridgehead atoms. The molecular formula is C25H26FNO. The molecule has 0 saturated carbocycles. The van der Waals surface area contributed by atoms with Crippen molar-refractivity contribution in [1.29, 1.82) is 0 Å². The summed E-state index contributed by atoms with van der Waals surface area (Å²) in [6, 6.07) is 27.1. The van der Waals surface area contributed by atoms with Gasteiger partial charge >= 0.3 is 0 Å². The Hall–Kier alpha value is -2.49. The largest absolute Gasteiger partial charge is 0.385 e. The Morgan fingerprint density at radius 2 is 1.39 bits per heavy atom. The van der Waals surface area contributed by atoms with Crippen LogP contribution in [-0.2, 0) is 5.60 Å². The van der Waals surface area contributed by atoms with Gasteiger partial charge in [0.05, 0.1) is 5.60 Å². The van der Waals surface area contributed by atoms with Crippen LogP contribution in [0.25, 0.3) is 0 Å². The molecule has 1 saturated heterocycles. The van der Waals surface area contributed by atoms with Crippen molar-refractivity contribution in [2.75, 3.05) is 7.05 Å². The lowest BCUT2D eigenvalue weighted by molar-refractivity contribution is -0.120. The number of hydrogen-bond acceptors (Lipinski definition) is 2. The molecule has 0 amide bonds. The first kappa shape index (κ1) is 18.9. The molecule has 1 N–H and O–H groups in total. The SMILES string of the molecule is C[C@@H]1[C@H](c2ccccc2)N(C)[C@H](c2ccccc2)C[C@]1(O)c1ccc(F)cc1. The predicted octanol–water partition coefficient (Wildman–Crippen LogP) is 5.47. The van der Waals surface area contributed by atoms with Crippen molar-refractivity contribution in [2.45, 2.75) is 31.0 Å². The Bertz CT molecular complexity index is 912. The Morgan fingerprint density at radius 3 is 1.96 bits per heavy atom. The molecule has 1 fully saturated rings. The quantitative estimate of drug-likeness (QED) is 0.656. The normalized spacial score (nSPS) is 28.2. The maximum Gasteiger partial charge on any atom is 0.123 e. The summed E-state index contributed by atoms with van der Waals surface area (Å²) in [5, 5.41) is 11.9. The summed E-state index contributed by atoms with van der Waals surface area (Å²) < 4.78 is 13.5. The van der Waals surface area contributed by atoms with E-state index in [-0.39, 0.29) is 23.8 Å². The molecule has 4 rings (SSSR count). The molecule has 28 heavy (non-hydrogen) atoms. The fraction of sp³-hybridized carbons (Fsp3) is 0.280. The van der Waals surface area contributed by atoms with E-state index in [9.17, 15) is 9.50 Å². The molecule has 1 heterocycles. The lowest BCUT2D eigenvalue weighted by atomic mass is 9.68. The summed E-state index contributed by atoms with van der Waals surface area (Å²) in [7, 11) is 2.13. The fourth-order valence-corrected chi connectivity index (χ4v) is 4.75. The van der Waals surface area contributed by atoms with Gasteiger partial charge in [-0.15, -0.1) is 0 Å². The Labute approximate surface area is 166 Å². The monoisotopic (exact) mass is 375 g/mol. The maximum atomic E-state index is 13.5. The van der Waals surface area contributed by atoms with Gasteiger partial charge in [0.25, 0.3) is 0 Å². The fourth-order valence-electron chi connectivity index (χ4n) is 4.75. The van der Waals surface area contributed by atoms with E-state index in [0.717, 1.165) is 5.56 Å². The van der Waals surface area contributed by atoms with E-state index in [1.54, 1.807) is 12.1 Å². The van der Waals surface area contributed by atoms with Crippen molar-refractivity contribution in [3.8, 4) is 0 Å². The van der Waals surface area contributed by atoms with Gasteiger partial charge in [-0.2, -0.15) is 0 Å². The van der Waals surface area contributed by atoms with E-state index >= 15 is 0 Å². The predicted molar refractivity (Wildman–Crippen MR) is 110 cm³/mol. The topological polar surface area (TPSA) is 23.5 Å². The molecule has 0 aliphatic carbocycles. The zero-order chi connectivity index (χ0) is 19.7. The van der Waals surface area contributed by atoms with Crippen LogP contribution in [0.15, 0.2) is 84.9 Å². The molecule has 3 heteroatoms. The van der Waals surface area contributed by atoms with Crippen LogP contribution in [0.5, 0.6) is 0 Å². The second kappa shape index (κ2) is 7.50. The average Bonchev–Trinajstić information content (AvgIpc) is 2.73. The van der Waals surface area contributed by atoms with E-state index in [0.29, 0.717) is 6.42 Å². The van der Waals surface area contributed by atoms with E-state index in [1.807, 2.05) is 36.4 Å². The van der Waals surface area contributed by atoms with Crippen LogP contribution in [0, 0.1) is 11.7 Å². The van der Waals surface area contributed by atoms with Crippen LogP contribution in [0.2, 0.25) is 0 Å². The Balaban J connectivity index is 1.83. The van der Waals surface area contributed by atoms with Crippen molar-refractivity contribution < 1.29 is 9.50 Å². The highest BCUT2D eigenvalue weighted by molar-refractivity contribution is 5.32. The summed E-state index contributed by atoms with van der Waals surface area (Å²) in [5.41, 5.74) is 2.08. The number of likely N-dealkylation sites (tertiary alicyclic amines) is 1. The third kappa shape index (κ3) is 3.25. The molecule has 2 nitrogen and oxygen atoms in total. The van der Waals surface area contributed by atoms with Crippen molar-refractivity contribution >= 4 is 0 Å². The first-order valence-electron chi connectivity index (χ1n) is 9.81. The average molecular weight is 375 g/mol. The summed E-state index contributed by atoms with van der Waals surface area (Å²) in [6.07, 6.45) is 0.559. The van der Waals surface area contributed by atoms with Gasteiger partial charge in [-0.25, -0.2) is 4.39 Å². The van der Waals surface area contributed by atoms with Crippen LogP contribution in [0.1, 0.15) is 42.1 Å². The molecule has 4 atom stereocenters. The van der Waals surface area contributed by atoms with E-state index in [2.05, 4.69) is 43.1 Å². The van der Waals surface area contributed by atoms with E-state index in [4.69, 9.17) is 0 Å². The smallest absolute Gasteiger partial charge is 0.123 e. The van der Waals surface area contributed by atoms with Gasteiger partial charge in [0.15, 0.2) is 0 Å². The maximum absolute atomic E-state index is 13.5. The highest BCUT2D eigenvalue weighted by Crippen LogP contribution is 2.52. The van der Waals surface area contributed by atoms with Gasteiger partial charge < -0.3 is 5.11 Å². The van der Waals surface area contributed by atoms with Crippen molar-refractivity contribution in [1.82, 2.24) is 4.90 Å². The molecule has 0 radical (unpaired) electrons. The molecule has 0 aromatic heterocycles. The third-order valence-corrected chi connectivity index (χ3v) is 6.33. The standard InChI is InChI=1S/C25H26FNO/c1-18-24(20-11-7-4-8-12-20)27(2)23(19-9-5-3-6-10-19)17-25(18,28)21-13-15-22(26)16-14-21/h3-16,18,23-24,28H,17H2,1-2H3/t18-,23+,24-,25-/m1/s1. The summed E-state index contributed by atoms with van der Waals surface area (Å²) in [6.45, 7) is 2.10. The number of aliphatic hydroxyl groups is 1. The molecule has 3 aromatic rings. The minimum Gasteiger partial charge on any atom is -0.385 e. The van der Waals surface area contributed by atoms with Crippen LogP contribution >= 0.6 is 0 Å². The van der Waals surface area contributed by atoms with Gasteiger partial charge in [0, 0.05) is 24.4 Å². The summed E-state index contributed by atoms with van der Waals surface area (Å²) in [5.74, 6) is -0.350. The van der Waals surface area contributed by atoms with Crippen LogP contribution in [0.4, 0.5) is 4.39 Å². The highest BCUT2D eigenvalue weighted by Gasteiger charge is 2.49. The van der Waals surface area contributed by atoms with Crippen molar-refractivity contribution in [3.63, 3.8) is 0 Å². The summed E-state index contributed by atoms with van der Waals surface area (Å²) >= 11 is 0. The lowest BCUT2D eigenvalue weighted by Gasteiger charge is -2.52. The third-order valence-electron chi connectivity index (χ3n) is 6.33. The zero-order valence-electron chi connectivity index (χ0n) is 16.3. The number of benzene rings is 3. The zero-order valence-corrected chi connectivity index (χ0v) is 16.3. The number of halogens is 1. The summed E-state index contributed by atoms with van der Waals surface area (Å²) in [4.78, 5) is 2.37. The molecular weight excluding hydrogens is 349 g/mol. The van der Waals surface area contributed by atoms with Crippen LogP contribution in [-0.4, -0.2) is 17.1 Å². The van der Waals surface area contributed by atoms with Gasteiger partial charge in [0.1, 0.15) is 5.82 Å². The second-order valence-corrected chi connectivity index (χ2v) is 7.87. The van der Waals surface area contributed by atoms with E-state index in [1.165, 1.54) is 23.3 Å². The minimum absolute atomic E-state index is 0.0372. The Morgan fingerprint density at radius 1 is 0.857 bits per heavy atom. The minimum atomic E-state index is -1.05. The first-order valence-corrected chi connectivity index (χ1v) is 9.81. The first-order chi connectivity index (χ1) is 13.5. The van der Waals surface area contributed by atoms with Gasteiger partial charge in [-0.05, 0) is 35.9 Å². The van der Waals surface area contributed by atoms with E-state index < -0.39 is 5.60 Å². The van der Waals surface area contributed by atoms with Crippen molar-refractivity contribution in [2.24, 2.45) is 5.92 Å².